The van der Waals surface area contributed by atoms with Crippen LogP contribution >= 0.6 is 0 Å². The predicted octanol–water partition coefficient (Wildman–Crippen LogP) is 4.66. The lowest BCUT2D eigenvalue weighted by Crippen LogP contribution is -2.47. The second-order valence-electron chi connectivity index (χ2n) is 7.41. The molecule has 2 aliphatic carbocycles. The standard InChI is InChI=1S/C19H29N/c1-13-5-4-6-16(9-13)17-11-19(12-17)20-18-8-7-14(2)15(3)10-18/h4-6,9,14-15,17-20H,7-8,10-12H2,1-3H3. The third kappa shape index (κ3) is 3.09. The molecule has 1 nitrogen and oxygen atoms in total. The van der Waals surface area contributed by atoms with Gasteiger partial charge in [-0.15, -0.1) is 0 Å². The highest BCUT2D eigenvalue weighted by molar-refractivity contribution is 5.27. The second-order valence-corrected chi connectivity index (χ2v) is 7.41. The number of rotatable bonds is 3. The van der Waals surface area contributed by atoms with E-state index in [9.17, 15) is 0 Å². The van der Waals surface area contributed by atoms with Crippen molar-refractivity contribution in [1.82, 2.24) is 5.32 Å². The molecule has 20 heavy (non-hydrogen) atoms. The van der Waals surface area contributed by atoms with Gasteiger partial charge in [0.05, 0.1) is 0 Å². The van der Waals surface area contributed by atoms with Gasteiger partial charge >= 0.3 is 0 Å². The average Bonchev–Trinajstić information content (AvgIpc) is 2.37. The van der Waals surface area contributed by atoms with Gasteiger partial charge in [0.2, 0.25) is 0 Å². The molecule has 0 aliphatic heterocycles. The molecule has 3 rings (SSSR count). The molecule has 3 atom stereocenters. The van der Waals surface area contributed by atoms with E-state index in [1.165, 1.54) is 37.7 Å². The van der Waals surface area contributed by atoms with Crippen LogP contribution in [0, 0.1) is 18.8 Å². The van der Waals surface area contributed by atoms with E-state index in [2.05, 4.69) is 50.4 Å². The summed E-state index contributed by atoms with van der Waals surface area (Å²) in [6.07, 6.45) is 6.85. The first kappa shape index (κ1) is 14.1. The quantitative estimate of drug-likeness (QED) is 0.843. The van der Waals surface area contributed by atoms with Gasteiger partial charge in [-0.25, -0.2) is 0 Å². The van der Waals surface area contributed by atoms with Crippen molar-refractivity contribution < 1.29 is 0 Å². The molecular weight excluding hydrogens is 242 g/mol. The van der Waals surface area contributed by atoms with Crippen LogP contribution < -0.4 is 5.32 Å². The third-order valence-electron chi connectivity index (χ3n) is 5.72. The van der Waals surface area contributed by atoms with Crippen molar-refractivity contribution in [3.05, 3.63) is 35.4 Å². The molecule has 0 aromatic heterocycles. The maximum absolute atomic E-state index is 3.92. The minimum atomic E-state index is 0.770. The van der Waals surface area contributed by atoms with Crippen molar-refractivity contribution in [3.8, 4) is 0 Å². The van der Waals surface area contributed by atoms with Gasteiger partial charge in [0, 0.05) is 12.1 Å². The Hall–Kier alpha value is -0.820. The van der Waals surface area contributed by atoms with Gasteiger partial charge in [0.25, 0.3) is 0 Å². The number of benzene rings is 1. The molecule has 1 N–H and O–H groups in total. The summed E-state index contributed by atoms with van der Waals surface area (Å²) in [5, 5.41) is 3.92. The summed E-state index contributed by atoms with van der Waals surface area (Å²) in [7, 11) is 0. The monoisotopic (exact) mass is 271 g/mol. The van der Waals surface area contributed by atoms with Gasteiger partial charge < -0.3 is 5.32 Å². The molecule has 0 radical (unpaired) electrons. The van der Waals surface area contributed by atoms with E-state index in [-0.39, 0.29) is 0 Å². The van der Waals surface area contributed by atoms with Gasteiger partial charge in [-0.2, -0.15) is 0 Å². The minimum absolute atomic E-state index is 0.770. The average molecular weight is 271 g/mol. The fraction of sp³-hybridized carbons (Fsp3) is 0.684. The van der Waals surface area contributed by atoms with Crippen molar-refractivity contribution in [2.24, 2.45) is 11.8 Å². The van der Waals surface area contributed by atoms with E-state index >= 15 is 0 Å². The lowest BCUT2D eigenvalue weighted by Gasteiger charge is -2.41. The maximum Gasteiger partial charge on any atom is 0.00813 e. The van der Waals surface area contributed by atoms with E-state index in [0.717, 1.165) is 29.8 Å². The molecule has 0 spiro atoms. The first-order valence-corrected chi connectivity index (χ1v) is 8.44. The van der Waals surface area contributed by atoms with Crippen LogP contribution in [0.25, 0.3) is 0 Å². The zero-order valence-corrected chi connectivity index (χ0v) is 13.2. The number of hydrogen-bond acceptors (Lipinski definition) is 1. The Kier molecular flexibility index (Phi) is 4.16. The van der Waals surface area contributed by atoms with Gasteiger partial charge in [-0.3, -0.25) is 0 Å². The van der Waals surface area contributed by atoms with Crippen molar-refractivity contribution in [1.29, 1.82) is 0 Å². The minimum Gasteiger partial charge on any atom is -0.311 e. The zero-order valence-electron chi connectivity index (χ0n) is 13.2. The topological polar surface area (TPSA) is 12.0 Å². The molecule has 2 saturated carbocycles. The molecule has 0 saturated heterocycles. The van der Waals surface area contributed by atoms with Crippen LogP contribution in [0.2, 0.25) is 0 Å². The molecule has 1 aromatic rings. The van der Waals surface area contributed by atoms with Crippen LogP contribution in [-0.2, 0) is 0 Å². The summed E-state index contributed by atoms with van der Waals surface area (Å²) in [4.78, 5) is 0. The van der Waals surface area contributed by atoms with E-state index in [1.54, 1.807) is 5.56 Å². The van der Waals surface area contributed by atoms with Gasteiger partial charge in [0.1, 0.15) is 0 Å². The van der Waals surface area contributed by atoms with Gasteiger partial charge in [-0.1, -0.05) is 43.7 Å². The third-order valence-corrected chi connectivity index (χ3v) is 5.72. The Morgan fingerprint density at radius 3 is 2.45 bits per heavy atom. The predicted molar refractivity (Wildman–Crippen MR) is 86.0 cm³/mol. The smallest absolute Gasteiger partial charge is 0.00813 e. The molecule has 0 bridgehead atoms. The normalized spacial score (nSPS) is 37.5. The van der Waals surface area contributed by atoms with Gasteiger partial charge in [0.15, 0.2) is 0 Å². The van der Waals surface area contributed by atoms with Crippen LogP contribution in [0.4, 0.5) is 0 Å². The summed E-state index contributed by atoms with van der Waals surface area (Å²) >= 11 is 0. The fourth-order valence-corrected chi connectivity index (χ4v) is 3.98. The second kappa shape index (κ2) is 5.89. The lowest BCUT2D eigenvalue weighted by molar-refractivity contribution is 0.183. The zero-order chi connectivity index (χ0) is 14.1. The maximum atomic E-state index is 3.92. The Morgan fingerprint density at radius 2 is 1.75 bits per heavy atom. The molecule has 110 valence electrons. The van der Waals surface area contributed by atoms with Crippen LogP contribution in [-0.4, -0.2) is 12.1 Å². The summed E-state index contributed by atoms with van der Waals surface area (Å²) in [6, 6.07) is 10.6. The summed E-state index contributed by atoms with van der Waals surface area (Å²) in [6.45, 7) is 7.04. The highest BCUT2D eigenvalue weighted by atomic mass is 15.0. The summed E-state index contributed by atoms with van der Waals surface area (Å²) in [5.41, 5.74) is 2.95. The van der Waals surface area contributed by atoms with Gasteiger partial charge in [-0.05, 0) is 62.3 Å². The highest BCUT2D eigenvalue weighted by Gasteiger charge is 2.33. The highest BCUT2D eigenvalue weighted by Crippen LogP contribution is 2.38. The number of nitrogens with one attached hydrogen (secondary N) is 1. The van der Waals surface area contributed by atoms with Crippen LogP contribution in [0.3, 0.4) is 0 Å². The lowest BCUT2D eigenvalue weighted by atomic mass is 9.73. The number of aryl methyl sites for hydroxylation is 1. The molecule has 1 aromatic carbocycles. The Bertz CT molecular complexity index is 447. The molecule has 2 fully saturated rings. The van der Waals surface area contributed by atoms with E-state index in [1.807, 2.05) is 0 Å². The van der Waals surface area contributed by atoms with Crippen molar-refractivity contribution in [3.63, 3.8) is 0 Å². The van der Waals surface area contributed by atoms with Crippen molar-refractivity contribution in [2.75, 3.05) is 0 Å². The molecule has 3 unspecified atom stereocenters. The van der Waals surface area contributed by atoms with Crippen LogP contribution in [0.5, 0.6) is 0 Å². The largest absolute Gasteiger partial charge is 0.311 e. The molecular formula is C19H29N. The van der Waals surface area contributed by atoms with Crippen LogP contribution in [0.15, 0.2) is 24.3 Å². The summed E-state index contributed by atoms with van der Waals surface area (Å²) in [5.74, 6) is 2.62. The Morgan fingerprint density at radius 1 is 0.950 bits per heavy atom. The van der Waals surface area contributed by atoms with E-state index in [0.29, 0.717) is 0 Å². The molecule has 0 amide bonds. The van der Waals surface area contributed by atoms with Crippen LogP contribution in [0.1, 0.15) is 63.0 Å². The Labute approximate surface area is 124 Å². The molecule has 0 heterocycles. The van der Waals surface area contributed by atoms with E-state index < -0.39 is 0 Å². The fourth-order valence-electron chi connectivity index (χ4n) is 3.98. The molecule has 2 aliphatic rings. The number of hydrogen-bond donors (Lipinski definition) is 1. The first-order chi connectivity index (χ1) is 9.61. The SMILES string of the molecule is Cc1cccc(C2CC(NC3CCC(C)C(C)C3)C2)c1. The van der Waals surface area contributed by atoms with Crippen molar-refractivity contribution >= 4 is 0 Å². The summed E-state index contributed by atoms with van der Waals surface area (Å²) < 4.78 is 0. The first-order valence-electron chi connectivity index (χ1n) is 8.44. The van der Waals surface area contributed by atoms with E-state index in [4.69, 9.17) is 0 Å². The Balaban J connectivity index is 1.47. The molecule has 1 heteroatoms. The van der Waals surface area contributed by atoms with Crippen molar-refractivity contribution in [2.45, 2.75) is 70.9 Å².